The number of nitrogens with one attached hydrogen (secondary N) is 1. The number of nitrogens with zero attached hydrogens (tertiary/aromatic N) is 1. The van der Waals surface area contributed by atoms with Crippen LogP contribution < -0.4 is 5.73 Å². The molecule has 0 aliphatic heterocycles. The summed E-state index contributed by atoms with van der Waals surface area (Å²) in [6.07, 6.45) is 6.22. The standard InChI is InChI=1S/C21H23N3O/c22-20(13-19-14-23-15-24-19)21(25)12-18-10-8-17(9-11-18)7-6-16-4-2-1-3-5-16/h1-5,8-11,14-15,20H,6-7,12-13,22H2,(H,23,24)/t20-/m0/s1. The van der Waals surface area contributed by atoms with E-state index in [9.17, 15) is 4.79 Å². The molecule has 3 N–H and O–H groups in total. The van der Waals surface area contributed by atoms with Gasteiger partial charge in [-0.15, -0.1) is 0 Å². The topological polar surface area (TPSA) is 71.8 Å². The van der Waals surface area contributed by atoms with Crippen molar-refractivity contribution in [2.45, 2.75) is 31.7 Å². The summed E-state index contributed by atoms with van der Waals surface area (Å²) in [7, 11) is 0. The van der Waals surface area contributed by atoms with E-state index >= 15 is 0 Å². The Morgan fingerprint density at radius 1 is 0.960 bits per heavy atom. The molecule has 3 aromatic rings. The van der Waals surface area contributed by atoms with Crippen molar-refractivity contribution < 1.29 is 4.79 Å². The highest BCUT2D eigenvalue weighted by Gasteiger charge is 2.15. The molecular weight excluding hydrogens is 310 g/mol. The van der Waals surface area contributed by atoms with Crippen LogP contribution in [0.3, 0.4) is 0 Å². The number of hydrogen-bond acceptors (Lipinski definition) is 3. The average molecular weight is 333 g/mol. The predicted molar refractivity (Wildman–Crippen MR) is 99.3 cm³/mol. The first-order chi connectivity index (χ1) is 12.2. The van der Waals surface area contributed by atoms with Crippen molar-refractivity contribution in [2.24, 2.45) is 5.73 Å². The first-order valence-corrected chi connectivity index (χ1v) is 8.58. The molecule has 0 saturated heterocycles. The Morgan fingerprint density at radius 2 is 1.60 bits per heavy atom. The van der Waals surface area contributed by atoms with Crippen molar-refractivity contribution >= 4 is 5.78 Å². The molecule has 0 radical (unpaired) electrons. The summed E-state index contributed by atoms with van der Waals surface area (Å²) in [5.41, 5.74) is 10.4. The van der Waals surface area contributed by atoms with Gasteiger partial charge in [-0.3, -0.25) is 4.79 Å². The van der Waals surface area contributed by atoms with Crippen LogP contribution >= 0.6 is 0 Å². The number of aromatic amines is 1. The number of carbonyl (C=O) groups is 1. The molecule has 3 rings (SSSR count). The normalized spacial score (nSPS) is 12.0. The Hall–Kier alpha value is -2.72. The summed E-state index contributed by atoms with van der Waals surface area (Å²) >= 11 is 0. The van der Waals surface area contributed by atoms with Crippen molar-refractivity contribution in [1.82, 2.24) is 9.97 Å². The zero-order valence-corrected chi connectivity index (χ0v) is 14.2. The molecule has 0 spiro atoms. The van der Waals surface area contributed by atoms with E-state index in [1.54, 1.807) is 12.5 Å². The summed E-state index contributed by atoms with van der Waals surface area (Å²) in [5, 5.41) is 0. The Bertz CT molecular complexity index is 780. The molecule has 1 heterocycles. The van der Waals surface area contributed by atoms with Crippen LogP contribution in [0.25, 0.3) is 0 Å². The Kier molecular flexibility index (Phi) is 5.75. The molecule has 0 amide bonds. The minimum atomic E-state index is -0.513. The maximum atomic E-state index is 12.3. The second-order valence-electron chi connectivity index (χ2n) is 6.32. The van der Waals surface area contributed by atoms with Crippen LogP contribution in [0, 0.1) is 0 Å². The van der Waals surface area contributed by atoms with Crippen LogP contribution in [0.2, 0.25) is 0 Å². The number of hydrogen-bond donors (Lipinski definition) is 2. The molecule has 4 nitrogen and oxygen atoms in total. The third-order valence-electron chi connectivity index (χ3n) is 4.34. The summed E-state index contributed by atoms with van der Waals surface area (Å²) in [6, 6.07) is 18.2. The fourth-order valence-corrected chi connectivity index (χ4v) is 2.83. The second kappa shape index (κ2) is 8.40. The van der Waals surface area contributed by atoms with E-state index in [0.29, 0.717) is 12.8 Å². The van der Waals surface area contributed by atoms with E-state index in [0.717, 1.165) is 24.1 Å². The minimum Gasteiger partial charge on any atom is -0.351 e. The van der Waals surface area contributed by atoms with Gasteiger partial charge in [-0.05, 0) is 29.5 Å². The molecule has 128 valence electrons. The molecular formula is C21H23N3O. The molecule has 0 aliphatic rings. The van der Waals surface area contributed by atoms with Crippen LogP contribution in [0.1, 0.15) is 22.4 Å². The zero-order valence-electron chi connectivity index (χ0n) is 14.2. The van der Waals surface area contributed by atoms with Crippen LogP contribution in [0.5, 0.6) is 0 Å². The Morgan fingerprint density at radius 3 is 2.24 bits per heavy atom. The summed E-state index contributed by atoms with van der Waals surface area (Å²) in [5.74, 6) is 0.0417. The lowest BCUT2D eigenvalue weighted by Crippen LogP contribution is -2.34. The predicted octanol–water partition coefficient (Wildman–Crippen LogP) is 2.88. The van der Waals surface area contributed by atoms with Gasteiger partial charge in [0.2, 0.25) is 0 Å². The highest BCUT2D eigenvalue weighted by Crippen LogP contribution is 2.11. The van der Waals surface area contributed by atoms with E-state index in [1.165, 1.54) is 11.1 Å². The highest BCUT2D eigenvalue weighted by molar-refractivity contribution is 5.86. The number of aromatic nitrogens is 2. The SMILES string of the molecule is N[C@@H](Cc1c[nH]cn1)C(=O)Cc1ccc(CCc2ccccc2)cc1. The molecule has 0 fully saturated rings. The van der Waals surface area contributed by atoms with Gasteiger partial charge in [0.1, 0.15) is 0 Å². The second-order valence-corrected chi connectivity index (χ2v) is 6.32. The summed E-state index contributed by atoms with van der Waals surface area (Å²) in [4.78, 5) is 19.3. The smallest absolute Gasteiger partial charge is 0.154 e. The molecule has 0 bridgehead atoms. The van der Waals surface area contributed by atoms with Crippen LogP contribution in [-0.2, 0) is 30.5 Å². The highest BCUT2D eigenvalue weighted by atomic mass is 16.1. The summed E-state index contributed by atoms with van der Waals surface area (Å²) < 4.78 is 0. The number of benzene rings is 2. The Balaban J connectivity index is 1.50. The van der Waals surface area contributed by atoms with E-state index in [1.807, 2.05) is 18.2 Å². The van der Waals surface area contributed by atoms with Gasteiger partial charge in [-0.2, -0.15) is 0 Å². The first kappa shape index (κ1) is 17.1. The van der Waals surface area contributed by atoms with E-state index in [2.05, 4.69) is 46.4 Å². The lowest BCUT2D eigenvalue weighted by atomic mass is 9.98. The fourth-order valence-electron chi connectivity index (χ4n) is 2.83. The maximum Gasteiger partial charge on any atom is 0.154 e. The molecule has 25 heavy (non-hydrogen) atoms. The molecule has 1 atom stereocenters. The van der Waals surface area contributed by atoms with Crippen LogP contribution in [-0.4, -0.2) is 21.8 Å². The van der Waals surface area contributed by atoms with Gasteiger partial charge < -0.3 is 10.7 Å². The number of imidazole rings is 1. The van der Waals surface area contributed by atoms with E-state index < -0.39 is 6.04 Å². The fraction of sp³-hybridized carbons (Fsp3) is 0.238. The largest absolute Gasteiger partial charge is 0.351 e. The van der Waals surface area contributed by atoms with Crippen molar-refractivity contribution in [3.63, 3.8) is 0 Å². The molecule has 4 heteroatoms. The number of nitrogens with two attached hydrogens (primary N) is 1. The van der Waals surface area contributed by atoms with E-state index in [-0.39, 0.29) is 5.78 Å². The third kappa shape index (κ3) is 5.13. The third-order valence-corrected chi connectivity index (χ3v) is 4.34. The van der Waals surface area contributed by atoms with Crippen LogP contribution in [0.4, 0.5) is 0 Å². The number of H-pyrrole nitrogens is 1. The van der Waals surface area contributed by atoms with E-state index in [4.69, 9.17) is 5.73 Å². The van der Waals surface area contributed by atoms with Gasteiger partial charge in [-0.25, -0.2) is 4.98 Å². The van der Waals surface area contributed by atoms with Crippen LogP contribution in [0.15, 0.2) is 67.1 Å². The number of ketones is 1. The number of carbonyl (C=O) groups excluding carboxylic acids is 1. The molecule has 2 aromatic carbocycles. The van der Waals surface area contributed by atoms with Crippen molar-refractivity contribution in [3.05, 3.63) is 89.5 Å². The monoisotopic (exact) mass is 333 g/mol. The molecule has 0 saturated carbocycles. The van der Waals surface area contributed by atoms with Gasteiger partial charge in [0, 0.05) is 19.0 Å². The average Bonchev–Trinajstić information content (AvgIpc) is 3.15. The zero-order chi connectivity index (χ0) is 17.5. The Labute approximate surface area is 148 Å². The van der Waals surface area contributed by atoms with Crippen molar-refractivity contribution in [3.8, 4) is 0 Å². The minimum absolute atomic E-state index is 0.0417. The molecule has 1 aromatic heterocycles. The number of rotatable bonds is 8. The van der Waals surface area contributed by atoms with Gasteiger partial charge in [0.15, 0.2) is 5.78 Å². The molecule has 0 unspecified atom stereocenters. The number of aryl methyl sites for hydroxylation is 2. The quantitative estimate of drug-likeness (QED) is 0.666. The van der Waals surface area contributed by atoms with Crippen molar-refractivity contribution in [2.75, 3.05) is 0 Å². The maximum absolute atomic E-state index is 12.3. The van der Waals surface area contributed by atoms with Gasteiger partial charge in [-0.1, -0.05) is 54.6 Å². The van der Waals surface area contributed by atoms with Gasteiger partial charge >= 0.3 is 0 Å². The number of Topliss-reactive ketones (excluding diaryl/α,β-unsaturated/α-hetero) is 1. The molecule has 0 aliphatic carbocycles. The van der Waals surface area contributed by atoms with Gasteiger partial charge in [0.05, 0.1) is 18.1 Å². The first-order valence-electron chi connectivity index (χ1n) is 8.58. The lowest BCUT2D eigenvalue weighted by molar-refractivity contribution is -0.119. The lowest BCUT2D eigenvalue weighted by Gasteiger charge is -2.09. The van der Waals surface area contributed by atoms with Crippen molar-refractivity contribution in [1.29, 1.82) is 0 Å². The summed E-state index contributed by atoms with van der Waals surface area (Å²) in [6.45, 7) is 0. The van der Waals surface area contributed by atoms with Gasteiger partial charge in [0.25, 0.3) is 0 Å².